The molecule has 2 unspecified atom stereocenters. The summed E-state index contributed by atoms with van der Waals surface area (Å²) >= 11 is 0. The molecule has 0 fully saturated rings. The molecule has 0 saturated heterocycles. The molecule has 1 rings (SSSR count). The van der Waals surface area contributed by atoms with E-state index in [2.05, 4.69) is 32.2 Å². The molecule has 0 bridgehead atoms. The second-order valence-electron chi connectivity index (χ2n) is 6.32. The van der Waals surface area contributed by atoms with Gasteiger partial charge in [0.05, 0.1) is 6.07 Å². The molecular weight excluding hydrogens is 272 g/mol. The first-order valence-electron chi connectivity index (χ1n) is 8.27. The quantitative estimate of drug-likeness (QED) is 0.727. The number of carbonyl (C=O) groups excluding carboxylic acids is 1. The number of nitrogens with zero attached hydrogens (tertiary/aromatic N) is 1. The van der Waals surface area contributed by atoms with Crippen molar-refractivity contribution in [3.05, 3.63) is 35.9 Å². The maximum absolute atomic E-state index is 12.3. The monoisotopic (exact) mass is 300 g/mol. The van der Waals surface area contributed by atoms with Crippen molar-refractivity contribution in [3.63, 3.8) is 0 Å². The molecule has 1 N–H and O–H groups in total. The lowest BCUT2D eigenvalue weighted by atomic mass is 9.73. The number of benzene rings is 1. The van der Waals surface area contributed by atoms with Crippen molar-refractivity contribution in [1.29, 1.82) is 5.26 Å². The van der Waals surface area contributed by atoms with Crippen LogP contribution in [-0.2, 0) is 0 Å². The molecule has 0 aliphatic heterocycles. The molecule has 22 heavy (non-hydrogen) atoms. The van der Waals surface area contributed by atoms with Gasteiger partial charge in [-0.25, -0.2) is 0 Å². The van der Waals surface area contributed by atoms with E-state index in [1.807, 2.05) is 30.3 Å². The Kier molecular flexibility index (Phi) is 7.66. The molecular formula is C19H28N2O. The summed E-state index contributed by atoms with van der Waals surface area (Å²) in [5, 5.41) is 12.0. The van der Waals surface area contributed by atoms with Gasteiger partial charge in [0.15, 0.2) is 0 Å². The van der Waals surface area contributed by atoms with Crippen LogP contribution in [0.4, 0.5) is 0 Å². The van der Waals surface area contributed by atoms with Gasteiger partial charge in [-0.05, 0) is 42.7 Å². The smallest absolute Gasteiger partial charge is 0.251 e. The first-order valence-corrected chi connectivity index (χ1v) is 8.27. The number of rotatable bonds is 9. The summed E-state index contributed by atoms with van der Waals surface area (Å²) in [4.78, 5) is 12.3. The molecule has 0 aromatic heterocycles. The predicted molar refractivity (Wildman–Crippen MR) is 90.4 cm³/mol. The Balaban J connectivity index is 2.72. The first-order chi connectivity index (χ1) is 10.6. The van der Waals surface area contributed by atoms with Crippen molar-refractivity contribution in [1.82, 2.24) is 5.32 Å². The first kappa shape index (κ1) is 18.2. The third-order valence-corrected chi connectivity index (χ3v) is 4.41. The molecule has 0 aliphatic rings. The largest absolute Gasteiger partial charge is 0.351 e. The molecule has 3 nitrogen and oxygen atoms in total. The van der Waals surface area contributed by atoms with Crippen LogP contribution in [0.25, 0.3) is 0 Å². The van der Waals surface area contributed by atoms with Gasteiger partial charge in [-0.3, -0.25) is 4.79 Å². The summed E-state index contributed by atoms with van der Waals surface area (Å²) in [6, 6.07) is 11.6. The molecule has 0 radical (unpaired) electrons. The van der Waals surface area contributed by atoms with Gasteiger partial charge < -0.3 is 5.32 Å². The lowest BCUT2D eigenvalue weighted by Gasteiger charge is -2.35. The fourth-order valence-electron chi connectivity index (χ4n) is 3.17. The van der Waals surface area contributed by atoms with Crippen LogP contribution in [0.3, 0.4) is 0 Å². The van der Waals surface area contributed by atoms with Crippen molar-refractivity contribution in [3.8, 4) is 6.07 Å². The molecule has 0 spiro atoms. The van der Waals surface area contributed by atoms with E-state index in [9.17, 15) is 4.79 Å². The van der Waals surface area contributed by atoms with E-state index in [0.717, 1.165) is 25.7 Å². The molecule has 1 amide bonds. The average Bonchev–Trinajstić information content (AvgIpc) is 2.53. The Morgan fingerprint density at radius 2 is 2.00 bits per heavy atom. The highest BCUT2D eigenvalue weighted by Crippen LogP contribution is 2.35. The van der Waals surface area contributed by atoms with Crippen LogP contribution in [0.15, 0.2) is 30.3 Å². The van der Waals surface area contributed by atoms with Crippen LogP contribution < -0.4 is 5.32 Å². The summed E-state index contributed by atoms with van der Waals surface area (Å²) in [7, 11) is 0. The van der Waals surface area contributed by atoms with Gasteiger partial charge in [-0.1, -0.05) is 45.4 Å². The van der Waals surface area contributed by atoms with Crippen molar-refractivity contribution >= 4 is 5.91 Å². The van der Waals surface area contributed by atoms with Crippen LogP contribution in [-0.4, -0.2) is 12.5 Å². The third-order valence-electron chi connectivity index (χ3n) is 4.41. The highest BCUT2D eigenvalue weighted by atomic mass is 16.1. The second kappa shape index (κ2) is 9.25. The highest BCUT2D eigenvalue weighted by Gasteiger charge is 2.29. The number of carbonyl (C=O) groups is 1. The fraction of sp³-hybridized carbons (Fsp3) is 0.579. The van der Waals surface area contributed by atoms with Crippen LogP contribution >= 0.6 is 0 Å². The molecule has 1 aromatic rings. The molecule has 0 heterocycles. The molecule has 0 saturated carbocycles. The second-order valence-corrected chi connectivity index (χ2v) is 6.32. The minimum atomic E-state index is -0.0116. The van der Waals surface area contributed by atoms with Crippen LogP contribution in [0, 0.1) is 22.7 Å². The van der Waals surface area contributed by atoms with Crippen molar-refractivity contribution in [2.24, 2.45) is 11.3 Å². The van der Waals surface area contributed by atoms with Gasteiger partial charge in [0.2, 0.25) is 0 Å². The van der Waals surface area contributed by atoms with Crippen molar-refractivity contribution in [2.75, 3.05) is 6.54 Å². The summed E-state index contributed by atoms with van der Waals surface area (Å²) in [5.74, 6) is 0.354. The summed E-state index contributed by atoms with van der Waals surface area (Å²) in [5.41, 5.74) is 0.796. The summed E-state index contributed by atoms with van der Waals surface area (Å²) in [6.45, 7) is 7.17. The van der Waals surface area contributed by atoms with Crippen LogP contribution in [0.2, 0.25) is 0 Å². The molecule has 1 aromatic carbocycles. The third kappa shape index (κ3) is 5.52. The molecule has 3 heteroatoms. The topological polar surface area (TPSA) is 52.9 Å². The highest BCUT2D eigenvalue weighted by molar-refractivity contribution is 5.94. The van der Waals surface area contributed by atoms with E-state index < -0.39 is 0 Å². The van der Waals surface area contributed by atoms with E-state index in [-0.39, 0.29) is 11.3 Å². The van der Waals surface area contributed by atoms with Gasteiger partial charge in [-0.15, -0.1) is 0 Å². The maximum atomic E-state index is 12.3. The minimum Gasteiger partial charge on any atom is -0.351 e. The lowest BCUT2D eigenvalue weighted by Crippen LogP contribution is -2.38. The van der Waals surface area contributed by atoms with Gasteiger partial charge in [0.1, 0.15) is 0 Å². The summed E-state index contributed by atoms with van der Waals surface area (Å²) in [6.07, 6.45) is 4.76. The van der Waals surface area contributed by atoms with Crippen molar-refractivity contribution in [2.45, 2.75) is 52.9 Å². The number of amides is 1. The Morgan fingerprint density at radius 3 is 2.55 bits per heavy atom. The summed E-state index contributed by atoms with van der Waals surface area (Å²) < 4.78 is 0. The van der Waals surface area contributed by atoms with E-state index in [4.69, 9.17) is 5.26 Å². The van der Waals surface area contributed by atoms with E-state index >= 15 is 0 Å². The standard InChI is InChI=1S/C19H28N2O/c1-4-12-19(5-2,14-16(3)11-13-20)15-21-18(22)17-9-7-6-8-10-17/h6-10,16H,4-5,11-12,14-15H2,1-3H3,(H,21,22). The number of hydrogen-bond acceptors (Lipinski definition) is 2. The fourth-order valence-corrected chi connectivity index (χ4v) is 3.17. The molecule has 120 valence electrons. The Bertz CT molecular complexity index is 492. The van der Waals surface area contributed by atoms with Crippen LogP contribution in [0.1, 0.15) is 63.2 Å². The maximum Gasteiger partial charge on any atom is 0.251 e. The number of nitriles is 1. The van der Waals surface area contributed by atoms with Gasteiger partial charge >= 0.3 is 0 Å². The zero-order chi connectivity index (χ0) is 16.4. The van der Waals surface area contributed by atoms with E-state index in [0.29, 0.717) is 24.4 Å². The lowest BCUT2D eigenvalue weighted by molar-refractivity contribution is 0.0909. The van der Waals surface area contributed by atoms with Gasteiger partial charge in [0.25, 0.3) is 5.91 Å². The SMILES string of the molecule is CCCC(CC)(CNC(=O)c1ccccc1)CC(C)CC#N. The van der Waals surface area contributed by atoms with Crippen LogP contribution in [0.5, 0.6) is 0 Å². The minimum absolute atomic E-state index is 0.0116. The predicted octanol–water partition coefficient (Wildman–Crippen LogP) is 4.55. The van der Waals surface area contributed by atoms with Gasteiger partial charge in [0, 0.05) is 18.5 Å². The van der Waals surface area contributed by atoms with E-state index in [1.165, 1.54) is 0 Å². The normalized spacial score (nSPS) is 14.6. The van der Waals surface area contributed by atoms with Gasteiger partial charge in [-0.2, -0.15) is 5.26 Å². The van der Waals surface area contributed by atoms with E-state index in [1.54, 1.807) is 0 Å². The Morgan fingerprint density at radius 1 is 1.32 bits per heavy atom. The van der Waals surface area contributed by atoms with Crippen molar-refractivity contribution < 1.29 is 4.79 Å². The average molecular weight is 300 g/mol. The zero-order valence-electron chi connectivity index (χ0n) is 14.1. The zero-order valence-corrected chi connectivity index (χ0v) is 14.1. The number of hydrogen-bond donors (Lipinski definition) is 1. The Labute approximate surface area is 134 Å². The molecule has 2 atom stereocenters. The number of nitrogens with one attached hydrogen (secondary N) is 1. The Hall–Kier alpha value is -1.82. The molecule has 0 aliphatic carbocycles.